The van der Waals surface area contributed by atoms with Crippen LogP contribution in [0.1, 0.15) is 18.4 Å². The number of amides is 2. The third-order valence-electron chi connectivity index (χ3n) is 5.73. The van der Waals surface area contributed by atoms with E-state index >= 15 is 0 Å². The summed E-state index contributed by atoms with van der Waals surface area (Å²) in [5.41, 5.74) is 2.09. The summed E-state index contributed by atoms with van der Waals surface area (Å²) >= 11 is 0. The summed E-state index contributed by atoms with van der Waals surface area (Å²) in [5, 5.41) is 6.31. The monoisotopic (exact) mass is 454 g/mol. The number of carbonyl (C=O) groups excluding carboxylic acids is 2. The zero-order valence-corrected chi connectivity index (χ0v) is 18.4. The van der Waals surface area contributed by atoms with Crippen molar-refractivity contribution in [2.75, 3.05) is 19.6 Å². The minimum absolute atomic E-state index is 0.0980. The second-order valence-electron chi connectivity index (χ2n) is 7.80. The number of hydrogen-bond donors (Lipinski definition) is 3. The molecule has 168 valence electrons. The van der Waals surface area contributed by atoms with E-state index in [2.05, 4.69) is 15.6 Å². The Balaban J connectivity index is 1.27. The number of carbonyl (C=O) groups is 2. The maximum absolute atomic E-state index is 12.9. The fourth-order valence-corrected chi connectivity index (χ4v) is 5.79. The van der Waals surface area contributed by atoms with E-state index in [1.165, 1.54) is 4.31 Å². The SMILES string of the molecule is O=C(NCCc1c[nH]c2ccccc12)C(=O)NCC1CCCN1S(=O)(=O)c1ccccc1. The van der Waals surface area contributed by atoms with Gasteiger partial charge in [-0.1, -0.05) is 36.4 Å². The average Bonchev–Trinajstić information content (AvgIpc) is 3.45. The number of aromatic nitrogens is 1. The van der Waals surface area contributed by atoms with Crippen LogP contribution in [0.3, 0.4) is 0 Å². The van der Waals surface area contributed by atoms with Gasteiger partial charge in [0.05, 0.1) is 4.90 Å². The Labute approximate surface area is 187 Å². The third-order valence-corrected chi connectivity index (χ3v) is 7.70. The first-order valence-electron chi connectivity index (χ1n) is 10.6. The molecular formula is C23H26N4O4S. The molecule has 1 saturated heterocycles. The molecule has 9 heteroatoms. The predicted molar refractivity (Wildman–Crippen MR) is 121 cm³/mol. The van der Waals surface area contributed by atoms with Crippen molar-refractivity contribution in [3.05, 3.63) is 66.4 Å². The van der Waals surface area contributed by atoms with Gasteiger partial charge in [-0.15, -0.1) is 0 Å². The Hall–Kier alpha value is -3.17. The van der Waals surface area contributed by atoms with E-state index in [0.717, 1.165) is 16.5 Å². The van der Waals surface area contributed by atoms with Crippen LogP contribution < -0.4 is 10.6 Å². The third kappa shape index (κ3) is 4.68. The van der Waals surface area contributed by atoms with Crippen molar-refractivity contribution in [2.45, 2.75) is 30.2 Å². The minimum atomic E-state index is -3.63. The molecule has 2 aromatic carbocycles. The Morgan fingerprint density at radius 1 is 1.00 bits per heavy atom. The maximum Gasteiger partial charge on any atom is 0.309 e. The van der Waals surface area contributed by atoms with E-state index in [9.17, 15) is 18.0 Å². The predicted octanol–water partition coefficient (Wildman–Crippen LogP) is 1.80. The van der Waals surface area contributed by atoms with Crippen molar-refractivity contribution in [2.24, 2.45) is 0 Å². The molecule has 4 rings (SSSR count). The Morgan fingerprint density at radius 2 is 1.72 bits per heavy atom. The van der Waals surface area contributed by atoms with Gasteiger partial charge in [0.2, 0.25) is 10.0 Å². The molecule has 0 saturated carbocycles. The zero-order chi connectivity index (χ0) is 22.6. The van der Waals surface area contributed by atoms with Gasteiger partial charge in [0.15, 0.2) is 0 Å². The highest BCUT2D eigenvalue weighted by Gasteiger charge is 2.35. The van der Waals surface area contributed by atoms with Crippen LogP contribution >= 0.6 is 0 Å². The van der Waals surface area contributed by atoms with Gasteiger partial charge in [0, 0.05) is 42.8 Å². The number of nitrogens with one attached hydrogen (secondary N) is 3. The summed E-state index contributed by atoms with van der Waals surface area (Å²) in [4.78, 5) is 27.8. The first kappa shape index (κ1) is 22.0. The molecule has 0 bridgehead atoms. The van der Waals surface area contributed by atoms with Gasteiger partial charge in [-0.25, -0.2) is 8.42 Å². The van der Waals surface area contributed by atoms with Crippen molar-refractivity contribution < 1.29 is 18.0 Å². The van der Waals surface area contributed by atoms with Crippen LogP contribution in [0.5, 0.6) is 0 Å². The summed E-state index contributed by atoms with van der Waals surface area (Å²) < 4.78 is 27.2. The molecule has 32 heavy (non-hydrogen) atoms. The molecule has 2 heterocycles. The van der Waals surface area contributed by atoms with Crippen LogP contribution in [0, 0.1) is 0 Å². The quantitative estimate of drug-likeness (QED) is 0.473. The van der Waals surface area contributed by atoms with Crippen molar-refractivity contribution in [1.82, 2.24) is 19.9 Å². The number of fused-ring (bicyclic) bond motifs is 1. The topological polar surface area (TPSA) is 111 Å². The van der Waals surface area contributed by atoms with Crippen LogP contribution in [-0.2, 0) is 26.0 Å². The molecule has 1 unspecified atom stereocenters. The molecule has 2 amide bonds. The second-order valence-corrected chi connectivity index (χ2v) is 9.69. The summed E-state index contributed by atoms with van der Waals surface area (Å²) in [6.45, 7) is 0.821. The lowest BCUT2D eigenvalue weighted by atomic mass is 10.1. The van der Waals surface area contributed by atoms with E-state index in [0.29, 0.717) is 32.4 Å². The van der Waals surface area contributed by atoms with Crippen LogP contribution in [0.2, 0.25) is 0 Å². The van der Waals surface area contributed by atoms with Crippen molar-refractivity contribution in [3.63, 3.8) is 0 Å². The van der Waals surface area contributed by atoms with E-state index in [4.69, 9.17) is 0 Å². The number of aromatic amines is 1. The van der Waals surface area contributed by atoms with E-state index < -0.39 is 21.8 Å². The Morgan fingerprint density at radius 3 is 2.53 bits per heavy atom. The van der Waals surface area contributed by atoms with Gasteiger partial charge in [0.1, 0.15) is 0 Å². The number of H-pyrrole nitrogens is 1. The number of sulfonamides is 1. The molecule has 1 atom stereocenters. The Bertz CT molecular complexity index is 1210. The number of nitrogens with zero attached hydrogens (tertiary/aromatic N) is 1. The standard InChI is InChI=1S/C23H26N4O4S/c28-22(24-13-12-17-15-25-21-11-5-4-10-20(17)21)23(29)26-16-18-7-6-14-27(18)32(30,31)19-8-2-1-3-9-19/h1-5,8-11,15,18,25H,6-7,12-14,16H2,(H,24,28)(H,26,29). The zero-order valence-electron chi connectivity index (χ0n) is 17.6. The maximum atomic E-state index is 12.9. The summed E-state index contributed by atoms with van der Waals surface area (Å²) in [7, 11) is -3.63. The van der Waals surface area contributed by atoms with Crippen molar-refractivity contribution in [1.29, 1.82) is 0 Å². The molecule has 0 aliphatic carbocycles. The fourth-order valence-electron chi connectivity index (χ4n) is 4.08. The van der Waals surface area contributed by atoms with Crippen LogP contribution in [0.4, 0.5) is 0 Å². The molecule has 1 aromatic heterocycles. The number of para-hydroxylation sites is 1. The van der Waals surface area contributed by atoms with Gasteiger partial charge in [-0.3, -0.25) is 9.59 Å². The molecule has 0 spiro atoms. The lowest BCUT2D eigenvalue weighted by molar-refractivity contribution is -0.139. The Kier molecular flexibility index (Phi) is 6.57. The van der Waals surface area contributed by atoms with E-state index in [1.54, 1.807) is 30.3 Å². The van der Waals surface area contributed by atoms with Gasteiger partial charge >= 0.3 is 11.8 Å². The van der Waals surface area contributed by atoms with Gasteiger partial charge in [-0.05, 0) is 43.0 Å². The largest absolute Gasteiger partial charge is 0.361 e. The number of benzene rings is 2. The van der Waals surface area contributed by atoms with Crippen molar-refractivity contribution >= 4 is 32.7 Å². The molecule has 3 N–H and O–H groups in total. The van der Waals surface area contributed by atoms with Gasteiger partial charge < -0.3 is 15.6 Å². The van der Waals surface area contributed by atoms with Gasteiger partial charge in [-0.2, -0.15) is 4.31 Å². The highest BCUT2D eigenvalue weighted by Crippen LogP contribution is 2.25. The van der Waals surface area contributed by atoms with Crippen LogP contribution in [0.25, 0.3) is 10.9 Å². The summed E-state index contributed by atoms with van der Waals surface area (Å²) in [5.74, 6) is -1.48. The van der Waals surface area contributed by atoms with Crippen LogP contribution in [0.15, 0.2) is 65.7 Å². The van der Waals surface area contributed by atoms with Crippen LogP contribution in [-0.4, -0.2) is 55.2 Å². The lowest BCUT2D eigenvalue weighted by Gasteiger charge is -2.24. The van der Waals surface area contributed by atoms with Crippen molar-refractivity contribution in [3.8, 4) is 0 Å². The minimum Gasteiger partial charge on any atom is -0.361 e. The average molecular weight is 455 g/mol. The molecule has 8 nitrogen and oxygen atoms in total. The highest BCUT2D eigenvalue weighted by molar-refractivity contribution is 7.89. The first-order chi connectivity index (χ1) is 15.5. The smallest absolute Gasteiger partial charge is 0.309 e. The number of hydrogen-bond acceptors (Lipinski definition) is 4. The van der Waals surface area contributed by atoms with E-state index in [-0.39, 0.29) is 17.5 Å². The fraction of sp³-hybridized carbons (Fsp3) is 0.304. The first-order valence-corrected chi connectivity index (χ1v) is 12.1. The lowest BCUT2D eigenvalue weighted by Crippen LogP contribution is -2.47. The highest BCUT2D eigenvalue weighted by atomic mass is 32.2. The molecular weight excluding hydrogens is 428 g/mol. The summed E-state index contributed by atoms with van der Waals surface area (Å²) in [6, 6.07) is 15.8. The molecule has 3 aromatic rings. The molecule has 1 aliphatic heterocycles. The van der Waals surface area contributed by atoms with E-state index in [1.807, 2.05) is 30.5 Å². The molecule has 1 fully saturated rings. The second kappa shape index (κ2) is 9.54. The summed E-state index contributed by atoms with van der Waals surface area (Å²) in [6.07, 6.45) is 3.84. The molecule has 1 aliphatic rings. The van der Waals surface area contributed by atoms with Gasteiger partial charge in [0.25, 0.3) is 0 Å². The number of rotatable bonds is 7. The molecule has 0 radical (unpaired) electrons. The normalized spacial score (nSPS) is 16.8.